The Labute approximate surface area is 154 Å². The molecule has 0 saturated heterocycles. The Hall–Kier alpha value is -2.80. The minimum atomic E-state index is -0.392. The van der Waals surface area contributed by atoms with Gasteiger partial charge in [-0.15, -0.1) is 0 Å². The summed E-state index contributed by atoms with van der Waals surface area (Å²) in [7, 11) is 0. The van der Waals surface area contributed by atoms with Crippen molar-refractivity contribution in [2.75, 3.05) is 13.1 Å². The summed E-state index contributed by atoms with van der Waals surface area (Å²) in [6.07, 6.45) is 0. The molecular formula is C19H18FN3O2S. The molecule has 0 spiro atoms. The van der Waals surface area contributed by atoms with Crippen molar-refractivity contribution in [2.45, 2.75) is 13.8 Å². The van der Waals surface area contributed by atoms with E-state index in [1.54, 1.807) is 23.1 Å². The molecule has 5 nitrogen and oxygen atoms in total. The van der Waals surface area contributed by atoms with E-state index in [1.165, 1.54) is 28.8 Å². The van der Waals surface area contributed by atoms with Crippen molar-refractivity contribution in [3.63, 3.8) is 0 Å². The molecular weight excluding hydrogens is 353 g/mol. The van der Waals surface area contributed by atoms with Crippen molar-refractivity contribution < 1.29 is 9.18 Å². The van der Waals surface area contributed by atoms with Gasteiger partial charge in [-0.25, -0.2) is 4.39 Å². The Kier molecular flexibility index (Phi) is 4.99. The van der Waals surface area contributed by atoms with Crippen LogP contribution >= 0.6 is 12.2 Å². The van der Waals surface area contributed by atoms with Crippen LogP contribution in [0.15, 0.2) is 47.3 Å². The van der Waals surface area contributed by atoms with Gasteiger partial charge in [-0.1, -0.05) is 0 Å². The number of fused-ring (bicyclic) bond motifs is 1. The van der Waals surface area contributed by atoms with Crippen LogP contribution in [0.1, 0.15) is 24.2 Å². The highest BCUT2D eigenvalue weighted by Crippen LogP contribution is 2.15. The third-order valence-electron chi connectivity index (χ3n) is 4.28. The standard InChI is InChI=1S/C19H18FN3O2S/c1-3-22(4-2)17(24)12-5-10-15-16(11-12)21-19(26)23(18(15)25)14-8-6-13(20)7-9-14/h5-11H,3-4H2,1-2H3,(H,21,26). The Morgan fingerprint density at radius 1 is 1.15 bits per heavy atom. The Balaban J connectivity index is 2.16. The molecule has 1 amide bonds. The van der Waals surface area contributed by atoms with Crippen LogP contribution in [0, 0.1) is 10.6 Å². The average molecular weight is 371 g/mol. The molecule has 1 N–H and O–H groups in total. The third-order valence-corrected chi connectivity index (χ3v) is 4.56. The molecule has 0 aliphatic carbocycles. The predicted molar refractivity (Wildman–Crippen MR) is 102 cm³/mol. The van der Waals surface area contributed by atoms with Gasteiger partial charge in [0.1, 0.15) is 5.82 Å². The third kappa shape index (κ3) is 3.17. The molecule has 0 aliphatic heterocycles. The number of aromatic amines is 1. The quantitative estimate of drug-likeness (QED) is 0.712. The van der Waals surface area contributed by atoms with Crippen molar-refractivity contribution in [3.05, 3.63) is 69.0 Å². The molecule has 26 heavy (non-hydrogen) atoms. The minimum Gasteiger partial charge on any atom is -0.339 e. The lowest BCUT2D eigenvalue weighted by Gasteiger charge is -2.18. The Bertz CT molecular complexity index is 1080. The van der Waals surface area contributed by atoms with E-state index in [0.29, 0.717) is 35.2 Å². The number of carbonyl (C=O) groups excluding carboxylic acids is 1. The number of hydrogen-bond acceptors (Lipinski definition) is 3. The Morgan fingerprint density at radius 2 is 1.81 bits per heavy atom. The number of carbonyl (C=O) groups is 1. The molecule has 0 bridgehead atoms. The summed E-state index contributed by atoms with van der Waals surface area (Å²) in [6.45, 7) is 5.04. The maximum atomic E-state index is 13.1. The van der Waals surface area contributed by atoms with Crippen LogP contribution in [-0.4, -0.2) is 33.4 Å². The topological polar surface area (TPSA) is 58.1 Å². The lowest BCUT2D eigenvalue weighted by atomic mass is 10.1. The molecule has 0 unspecified atom stereocenters. The maximum Gasteiger partial charge on any atom is 0.266 e. The Morgan fingerprint density at radius 3 is 2.42 bits per heavy atom. The van der Waals surface area contributed by atoms with Crippen molar-refractivity contribution in [1.82, 2.24) is 14.5 Å². The minimum absolute atomic E-state index is 0.0982. The van der Waals surface area contributed by atoms with E-state index in [-0.39, 0.29) is 16.2 Å². The van der Waals surface area contributed by atoms with Gasteiger partial charge in [0, 0.05) is 18.7 Å². The number of aromatic nitrogens is 2. The first kappa shape index (κ1) is 18.0. The van der Waals surface area contributed by atoms with E-state index in [4.69, 9.17) is 12.2 Å². The largest absolute Gasteiger partial charge is 0.339 e. The summed E-state index contributed by atoms with van der Waals surface area (Å²) < 4.78 is 14.6. The molecule has 0 aliphatic rings. The van der Waals surface area contributed by atoms with E-state index in [1.807, 2.05) is 13.8 Å². The fraction of sp³-hybridized carbons (Fsp3) is 0.211. The van der Waals surface area contributed by atoms with Crippen LogP contribution in [0.4, 0.5) is 4.39 Å². The van der Waals surface area contributed by atoms with Crippen LogP contribution in [0.3, 0.4) is 0 Å². The fourth-order valence-electron chi connectivity index (χ4n) is 2.87. The first-order valence-corrected chi connectivity index (χ1v) is 8.71. The number of nitrogens with one attached hydrogen (secondary N) is 1. The smallest absolute Gasteiger partial charge is 0.266 e. The number of amides is 1. The van der Waals surface area contributed by atoms with Crippen molar-refractivity contribution in [2.24, 2.45) is 0 Å². The van der Waals surface area contributed by atoms with Gasteiger partial charge >= 0.3 is 0 Å². The molecule has 1 aromatic heterocycles. The summed E-state index contributed by atoms with van der Waals surface area (Å²) in [5, 5.41) is 0.402. The summed E-state index contributed by atoms with van der Waals surface area (Å²) in [5.41, 5.74) is 1.14. The number of nitrogens with zero attached hydrogens (tertiary/aromatic N) is 2. The number of hydrogen-bond donors (Lipinski definition) is 1. The molecule has 3 aromatic rings. The van der Waals surface area contributed by atoms with Gasteiger partial charge in [-0.3, -0.25) is 14.2 Å². The lowest BCUT2D eigenvalue weighted by molar-refractivity contribution is 0.0773. The van der Waals surface area contributed by atoms with Gasteiger partial charge in [0.2, 0.25) is 0 Å². The monoisotopic (exact) mass is 371 g/mol. The summed E-state index contributed by atoms with van der Waals surface area (Å²) >= 11 is 5.31. The number of rotatable bonds is 4. The summed E-state index contributed by atoms with van der Waals surface area (Å²) in [4.78, 5) is 30.1. The molecule has 2 aromatic carbocycles. The number of benzene rings is 2. The van der Waals surface area contributed by atoms with Gasteiger partial charge in [0.15, 0.2) is 4.77 Å². The number of halogens is 1. The first-order chi connectivity index (χ1) is 12.5. The number of H-pyrrole nitrogens is 1. The first-order valence-electron chi connectivity index (χ1n) is 8.30. The van der Waals surface area contributed by atoms with Crippen LogP contribution in [0.5, 0.6) is 0 Å². The highest BCUT2D eigenvalue weighted by molar-refractivity contribution is 7.71. The van der Waals surface area contributed by atoms with E-state index in [2.05, 4.69) is 4.98 Å². The normalized spacial score (nSPS) is 10.9. The van der Waals surface area contributed by atoms with Crippen molar-refractivity contribution in [1.29, 1.82) is 0 Å². The fourth-order valence-corrected chi connectivity index (χ4v) is 3.17. The molecule has 0 saturated carbocycles. The van der Waals surface area contributed by atoms with E-state index in [0.717, 1.165) is 0 Å². The highest BCUT2D eigenvalue weighted by Gasteiger charge is 2.15. The van der Waals surface area contributed by atoms with Crippen molar-refractivity contribution >= 4 is 29.0 Å². The van der Waals surface area contributed by atoms with Gasteiger partial charge in [0.05, 0.1) is 16.6 Å². The van der Waals surface area contributed by atoms with Gasteiger partial charge < -0.3 is 9.88 Å². The molecule has 0 fully saturated rings. The second kappa shape index (κ2) is 7.21. The van der Waals surface area contributed by atoms with Crippen LogP contribution in [-0.2, 0) is 0 Å². The average Bonchev–Trinajstić information content (AvgIpc) is 2.63. The highest BCUT2D eigenvalue weighted by atomic mass is 32.1. The second-order valence-electron chi connectivity index (χ2n) is 5.78. The molecule has 134 valence electrons. The van der Waals surface area contributed by atoms with Crippen LogP contribution in [0.2, 0.25) is 0 Å². The summed E-state index contributed by atoms with van der Waals surface area (Å²) in [6, 6.07) is 10.4. The van der Waals surface area contributed by atoms with Crippen molar-refractivity contribution in [3.8, 4) is 5.69 Å². The molecule has 0 atom stereocenters. The maximum absolute atomic E-state index is 13.1. The predicted octanol–water partition coefficient (Wildman–Crippen LogP) is 3.67. The molecule has 7 heteroatoms. The summed E-state index contributed by atoms with van der Waals surface area (Å²) in [5.74, 6) is -0.490. The SMILES string of the molecule is CCN(CC)C(=O)c1ccc2c(=O)n(-c3ccc(F)cc3)c(=S)[nH]c2c1. The van der Waals surface area contributed by atoms with Gasteiger partial charge in [-0.2, -0.15) is 0 Å². The van der Waals surface area contributed by atoms with Crippen LogP contribution in [0.25, 0.3) is 16.6 Å². The second-order valence-corrected chi connectivity index (χ2v) is 6.17. The molecule has 0 radical (unpaired) electrons. The van der Waals surface area contributed by atoms with Gasteiger partial charge in [0.25, 0.3) is 11.5 Å². The zero-order valence-electron chi connectivity index (χ0n) is 14.5. The van der Waals surface area contributed by atoms with E-state index >= 15 is 0 Å². The lowest BCUT2D eigenvalue weighted by Crippen LogP contribution is -2.30. The van der Waals surface area contributed by atoms with E-state index in [9.17, 15) is 14.0 Å². The molecule has 3 rings (SSSR count). The molecule has 1 heterocycles. The van der Waals surface area contributed by atoms with E-state index < -0.39 is 5.82 Å². The zero-order valence-corrected chi connectivity index (χ0v) is 15.3. The zero-order chi connectivity index (χ0) is 18.8. The van der Waals surface area contributed by atoms with Gasteiger partial charge in [-0.05, 0) is 68.5 Å². The van der Waals surface area contributed by atoms with Crippen LogP contribution < -0.4 is 5.56 Å².